The van der Waals surface area contributed by atoms with Crippen molar-refractivity contribution in [2.45, 2.75) is 45.4 Å². The Morgan fingerprint density at radius 3 is 2.72 bits per heavy atom. The van der Waals surface area contributed by atoms with Gasteiger partial charge < -0.3 is 20.3 Å². The Kier molecular flexibility index (Phi) is 7.60. The molecule has 1 saturated heterocycles. The summed E-state index contributed by atoms with van der Waals surface area (Å²) in [5.74, 6) is 1.31. The number of para-hydroxylation sites is 2. The summed E-state index contributed by atoms with van der Waals surface area (Å²) in [6.07, 6.45) is 4.49. The summed E-state index contributed by atoms with van der Waals surface area (Å²) in [5.41, 5.74) is 4.06. The van der Waals surface area contributed by atoms with Gasteiger partial charge in [0, 0.05) is 17.0 Å². The van der Waals surface area contributed by atoms with Crippen LogP contribution in [0.25, 0.3) is 10.9 Å². The third kappa shape index (κ3) is 5.40. The zero-order valence-electron chi connectivity index (χ0n) is 19.0. The van der Waals surface area contributed by atoms with Crippen molar-refractivity contribution in [2.24, 2.45) is 0 Å². The summed E-state index contributed by atoms with van der Waals surface area (Å²) >= 11 is 5.58. The van der Waals surface area contributed by atoms with E-state index in [2.05, 4.69) is 51.7 Å². The first kappa shape index (κ1) is 22.6. The molecule has 6 nitrogen and oxygen atoms in total. The van der Waals surface area contributed by atoms with Crippen LogP contribution in [0.5, 0.6) is 5.75 Å². The maximum Gasteiger partial charge on any atom is 0.175 e. The van der Waals surface area contributed by atoms with Gasteiger partial charge in [-0.2, -0.15) is 5.10 Å². The summed E-state index contributed by atoms with van der Waals surface area (Å²) < 4.78 is 5.82. The molecule has 1 fully saturated rings. The van der Waals surface area contributed by atoms with Crippen LogP contribution in [0, 0.1) is 0 Å². The molecule has 170 valence electrons. The number of hydrogen-bond donors (Lipinski definition) is 3. The molecule has 0 atom stereocenters. The molecule has 7 heteroatoms. The van der Waals surface area contributed by atoms with Crippen molar-refractivity contribution in [3.05, 3.63) is 48.2 Å². The van der Waals surface area contributed by atoms with Crippen molar-refractivity contribution in [3.8, 4) is 5.75 Å². The lowest BCUT2D eigenvalue weighted by Crippen LogP contribution is -2.33. The number of nitrogens with zero attached hydrogens (tertiary/aromatic N) is 2. The predicted molar refractivity (Wildman–Crippen MR) is 137 cm³/mol. The molecule has 3 aromatic rings. The van der Waals surface area contributed by atoms with E-state index in [0.717, 1.165) is 55.0 Å². The molecule has 3 N–H and O–H groups in total. The van der Waals surface area contributed by atoms with Gasteiger partial charge in [0.05, 0.1) is 23.5 Å². The molecule has 0 unspecified atom stereocenters. The fourth-order valence-corrected chi connectivity index (χ4v) is 4.59. The minimum atomic E-state index is 0.500. The van der Waals surface area contributed by atoms with Crippen LogP contribution in [0.1, 0.15) is 51.1 Å². The lowest BCUT2D eigenvalue weighted by molar-refractivity contribution is 0.211. The lowest BCUT2D eigenvalue weighted by atomic mass is 9.91. The number of likely N-dealkylation sites (tertiary alicyclic amines) is 1. The standard InChI is InChI=1S/C25H33N5OS/c1-3-13-30-14-11-18(12-15-30)24-20-17-19(9-10-21(20)28-29-24)26-25(32)27-22-7-5-6-8-23(22)31-16-4-2/h5-10,17-18H,3-4,11-16H2,1-2H3,(H,28,29)(H2,26,27,32). The number of aromatic nitrogens is 2. The van der Waals surface area contributed by atoms with Crippen molar-refractivity contribution in [1.29, 1.82) is 0 Å². The molecule has 1 aliphatic rings. The van der Waals surface area contributed by atoms with Gasteiger partial charge in [-0.25, -0.2) is 0 Å². The van der Waals surface area contributed by atoms with Gasteiger partial charge in [-0.3, -0.25) is 5.10 Å². The maximum atomic E-state index is 5.82. The van der Waals surface area contributed by atoms with E-state index in [9.17, 15) is 0 Å². The van der Waals surface area contributed by atoms with E-state index in [1.165, 1.54) is 24.0 Å². The number of anilines is 2. The van der Waals surface area contributed by atoms with Gasteiger partial charge >= 0.3 is 0 Å². The van der Waals surface area contributed by atoms with E-state index >= 15 is 0 Å². The summed E-state index contributed by atoms with van der Waals surface area (Å²) in [4.78, 5) is 2.56. The van der Waals surface area contributed by atoms with Crippen LogP contribution in [-0.2, 0) is 0 Å². The molecule has 4 rings (SSSR count). The zero-order chi connectivity index (χ0) is 22.3. The topological polar surface area (TPSA) is 65.2 Å². The lowest BCUT2D eigenvalue weighted by Gasteiger charge is -2.31. The van der Waals surface area contributed by atoms with E-state index in [4.69, 9.17) is 17.0 Å². The normalized spacial score (nSPS) is 15.1. The van der Waals surface area contributed by atoms with Crippen molar-refractivity contribution in [2.75, 3.05) is 36.9 Å². The molecule has 0 bridgehead atoms. The van der Waals surface area contributed by atoms with Gasteiger partial charge in [-0.1, -0.05) is 26.0 Å². The molecular formula is C25H33N5OS. The molecule has 2 heterocycles. The molecule has 0 radical (unpaired) electrons. The number of fused-ring (bicyclic) bond motifs is 1. The SMILES string of the molecule is CCCOc1ccccc1NC(=S)Nc1ccc2[nH]nc(C3CCN(CCC)CC3)c2c1. The largest absolute Gasteiger partial charge is 0.491 e. The van der Waals surface area contributed by atoms with Gasteiger partial charge in [0.2, 0.25) is 0 Å². The van der Waals surface area contributed by atoms with Crippen LogP contribution in [0.2, 0.25) is 0 Å². The Hall–Kier alpha value is -2.64. The van der Waals surface area contributed by atoms with E-state index in [0.29, 0.717) is 17.6 Å². The highest BCUT2D eigenvalue weighted by atomic mass is 32.1. The number of ether oxygens (including phenoxy) is 1. The molecule has 2 aromatic carbocycles. The van der Waals surface area contributed by atoms with E-state index in [1.54, 1.807) is 0 Å². The number of nitrogens with one attached hydrogen (secondary N) is 3. The maximum absolute atomic E-state index is 5.82. The average molecular weight is 452 g/mol. The second-order valence-corrected chi connectivity index (χ2v) is 8.82. The molecule has 1 aliphatic heterocycles. The molecule has 32 heavy (non-hydrogen) atoms. The smallest absolute Gasteiger partial charge is 0.175 e. The van der Waals surface area contributed by atoms with Crippen molar-refractivity contribution in [3.63, 3.8) is 0 Å². The number of benzene rings is 2. The van der Waals surface area contributed by atoms with Gasteiger partial charge in [0.1, 0.15) is 5.75 Å². The molecular weight excluding hydrogens is 418 g/mol. The number of H-pyrrole nitrogens is 1. The first-order valence-corrected chi connectivity index (χ1v) is 12.1. The fourth-order valence-electron chi connectivity index (χ4n) is 4.36. The number of rotatable bonds is 8. The Balaban J connectivity index is 1.44. The average Bonchev–Trinajstić information content (AvgIpc) is 3.22. The Morgan fingerprint density at radius 2 is 1.94 bits per heavy atom. The summed E-state index contributed by atoms with van der Waals surface area (Å²) in [6.45, 7) is 8.51. The first-order valence-electron chi connectivity index (χ1n) is 11.7. The number of thiocarbonyl (C=S) groups is 1. The van der Waals surface area contributed by atoms with Crippen LogP contribution in [0.15, 0.2) is 42.5 Å². The first-order chi connectivity index (χ1) is 15.7. The van der Waals surface area contributed by atoms with Crippen LogP contribution >= 0.6 is 12.2 Å². The van der Waals surface area contributed by atoms with Crippen LogP contribution in [0.4, 0.5) is 11.4 Å². The highest BCUT2D eigenvalue weighted by molar-refractivity contribution is 7.80. The minimum Gasteiger partial charge on any atom is -0.491 e. The Labute approximate surface area is 195 Å². The van der Waals surface area contributed by atoms with Gasteiger partial charge in [0.25, 0.3) is 0 Å². The van der Waals surface area contributed by atoms with Gasteiger partial charge in [-0.15, -0.1) is 0 Å². The Morgan fingerprint density at radius 1 is 1.12 bits per heavy atom. The van der Waals surface area contributed by atoms with Gasteiger partial charge in [0.15, 0.2) is 5.11 Å². The Bertz CT molecular complexity index is 1040. The molecule has 0 aliphatic carbocycles. The molecule has 1 aromatic heterocycles. The van der Waals surface area contributed by atoms with E-state index in [1.807, 2.05) is 30.3 Å². The van der Waals surface area contributed by atoms with Crippen LogP contribution in [0.3, 0.4) is 0 Å². The third-order valence-electron chi connectivity index (χ3n) is 5.96. The summed E-state index contributed by atoms with van der Waals surface area (Å²) in [7, 11) is 0. The monoisotopic (exact) mass is 451 g/mol. The van der Waals surface area contributed by atoms with Gasteiger partial charge in [-0.05, 0) is 87.9 Å². The highest BCUT2D eigenvalue weighted by Gasteiger charge is 2.23. The number of piperidine rings is 1. The van der Waals surface area contributed by atoms with E-state index < -0.39 is 0 Å². The summed E-state index contributed by atoms with van der Waals surface area (Å²) in [6, 6.07) is 14.1. The second kappa shape index (κ2) is 10.8. The van der Waals surface area contributed by atoms with Crippen molar-refractivity contribution >= 4 is 39.6 Å². The predicted octanol–water partition coefficient (Wildman–Crippen LogP) is 5.75. The minimum absolute atomic E-state index is 0.500. The third-order valence-corrected chi connectivity index (χ3v) is 6.17. The number of hydrogen-bond acceptors (Lipinski definition) is 4. The van der Waals surface area contributed by atoms with Crippen LogP contribution in [-0.4, -0.2) is 46.5 Å². The molecule has 0 saturated carbocycles. The summed E-state index contributed by atoms with van der Waals surface area (Å²) in [5, 5.41) is 16.2. The molecule has 0 amide bonds. The van der Waals surface area contributed by atoms with Crippen LogP contribution < -0.4 is 15.4 Å². The number of aromatic amines is 1. The molecule has 0 spiro atoms. The van der Waals surface area contributed by atoms with E-state index in [-0.39, 0.29) is 0 Å². The van der Waals surface area contributed by atoms with Crippen molar-refractivity contribution in [1.82, 2.24) is 15.1 Å². The highest BCUT2D eigenvalue weighted by Crippen LogP contribution is 2.33. The zero-order valence-corrected chi connectivity index (χ0v) is 19.8. The second-order valence-electron chi connectivity index (χ2n) is 8.41. The fraction of sp³-hybridized carbons (Fsp3) is 0.440. The van der Waals surface area contributed by atoms with Crippen molar-refractivity contribution < 1.29 is 4.74 Å². The quantitative estimate of drug-likeness (QED) is 0.379.